The van der Waals surface area contributed by atoms with Crippen LogP contribution in [0.3, 0.4) is 0 Å². The van der Waals surface area contributed by atoms with Crippen molar-refractivity contribution in [2.45, 2.75) is 68.9 Å². The van der Waals surface area contributed by atoms with Gasteiger partial charge in [0.05, 0.1) is 43.6 Å². The number of alkyl halides is 3. The lowest BCUT2D eigenvalue weighted by molar-refractivity contribution is -0.151. The van der Waals surface area contributed by atoms with Crippen molar-refractivity contribution in [1.29, 1.82) is 0 Å². The molecule has 0 saturated carbocycles. The predicted octanol–water partition coefficient (Wildman–Crippen LogP) is 1.65. The highest BCUT2D eigenvalue weighted by Crippen LogP contribution is 2.35. The summed E-state index contributed by atoms with van der Waals surface area (Å²) in [5.41, 5.74) is 5.59. The monoisotopic (exact) mass is 646 g/mol. The molecule has 2 bridgehead atoms. The number of pyridine rings is 1. The first-order valence-corrected chi connectivity index (χ1v) is 16.1. The van der Waals surface area contributed by atoms with E-state index >= 15 is 0 Å². The van der Waals surface area contributed by atoms with E-state index in [-0.39, 0.29) is 24.5 Å². The van der Waals surface area contributed by atoms with Crippen LogP contribution in [-0.4, -0.2) is 136 Å². The molecule has 2 aromatic rings. The zero-order chi connectivity index (χ0) is 32.0. The van der Waals surface area contributed by atoms with E-state index in [0.29, 0.717) is 43.3 Å². The minimum absolute atomic E-state index is 0.0877. The Morgan fingerprint density at radius 1 is 1.09 bits per heavy atom. The Bertz CT molecular complexity index is 1460. The molecule has 2 N–H and O–H groups in total. The first-order valence-electron chi connectivity index (χ1n) is 16.1. The van der Waals surface area contributed by atoms with Crippen molar-refractivity contribution in [2.24, 2.45) is 0 Å². The molecule has 16 heteroatoms. The summed E-state index contributed by atoms with van der Waals surface area (Å²) < 4.78 is 45.2. The number of anilines is 2. The Kier molecular flexibility index (Phi) is 8.44. The second kappa shape index (κ2) is 12.5. The summed E-state index contributed by atoms with van der Waals surface area (Å²) in [6.07, 6.45) is 1.22. The first kappa shape index (κ1) is 31.0. The van der Waals surface area contributed by atoms with Crippen LogP contribution in [0.5, 0.6) is 0 Å². The predicted molar refractivity (Wildman–Crippen MR) is 163 cm³/mol. The van der Waals surface area contributed by atoms with E-state index in [0.717, 1.165) is 63.4 Å². The van der Waals surface area contributed by atoms with Gasteiger partial charge in [0.1, 0.15) is 6.54 Å². The van der Waals surface area contributed by atoms with Crippen molar-refractivity contribution in [3.05, 3.63) is 30.2 Å². The number of ether oxygens (including phenoxy) is 1. The number of fused-ring (bicyclic) bond motifs is 3. The summed E-state index contributed by atoms with van der Waals surface area (Å²) in [6.45, 7) is 4.90. The highest BCUT2D eigenvalue weighted by Gasteiger charge is 2.43. The molecule has 2 unspecified atom stereocenters. The van der Waals surface area contributed by atoms with Crippen molar-refractivity contribution in [1.82, 2.24) is 39.7 Å². The van der Waals surface area contributed by atoms with Gasteiger partial charge in [-0.3, -0.25) is 14.5 Å². The second-order valence-corrected chi connectivity index (χ2v) is 13.0. The lowest BCUT2D eigenvalue weighted by Gasteiger charge is -2.43. The number of hydrazine groups is 1. The van der Waals surface area contributed by atoms with Crippen LogP contribution in [0.25, 0.3) is 5.65 Å². The lowest BCUT2D eigenvalue weighted by Crippen LogP contribution is -2.56. The average Bonchev–Trinajstić information content (AvgIpc) is 3.69. The van der Waals surface area contributed by atoms with Gasteiger partial charge in [-0.25, -0.2) is 9.94 Å². The zero-order valence-electron chi connectivity index (χ0n) is 26.0. The van der Waals surface area contributed by atoms with Crippen LogP contribution in [0, 0.1) is 0 Å². The van der Waals surface area contributed by atoms with E-state index in [1.165, 1.54) is 0 Å². The Morgan fingerprint density at radius 2 is 1.83 bits per heavy atom. The maximum atomic E-state index is 13.0. The zero-order valence-corrected chi connectivity index (χ0v) is 26.0. The number of hydrogen-bond acceptors (Lipinski definition) is 10. The summed E-state index contributed by atoms with van der Waals surface area (Å²) in [7, 11) is 2.16. The van der Waals surface area contributed by atoms with Crippen LogP contribution in [-0.2, 0) is 14.3 Å². The molecule has 5 aliphatic rings. The van der Waals surface area contributed by atoms with E-state index in [2.05, 4.69) is 32.7 Å². The number of likely N-dealkylation sites (N-methyl/N-ethyl adjacent to an activating group) is 1. The molecule has 7 rings (SSSR count). The highest BCUT2D eigenvalue weighted by atomic mass is 19.4. The average molecular weight is 647 g/mol. The van der Waals surface area contributed by atoms with Crippen LogP contribution >= 0.6 is 0 Å². The van der Waals surface area contributed by atoms with Gasteiger partial charge >= 0.3 is 6.18 Å². The largest absolute Gasteiger partial charge is 0.389 e. The number of piperazine rings is 1. The number of hydrogen-bond donors (Lipinski definition) is 2. The van der Waals surface area contributed by atoms with Gasteiger partial charge in [0.15, 0.2) is 5.65 Å². The molecule has 4 fully saturated rings. The number of halogens is 3. The van der Waals surface area contributed by atoms with Gasteiger partial charge in [-0.2, -0.15) is 18.2 Å². The number of amides is 2. The highest BCUT2D eigenvalue weighted by molar-refractivity contribution is 5.79. The molecule has 46 heavy (non-hydrogen) atoms. The fourth-order valence-electron chi connectivity index (χ4n) is 7.39. The van der Waals surface area contributed by atoms with Crippen LogP contribution in [0.15, 0.2) is 30.2 Å². The smallest absolute Gasteiger partial charge is 0.378 e. The van der Waals surface area contributed by atoms with Gasteiger partial charge in [-0.1, -0.05) is 0 Å². The Morgan fingerprint density at radius 3 is 2.50 bits per heavy atom. The van der Waals surface area contributed by atoms with Crippen LogP contribution in [0.4, 0.5) is 24.8 Å². The Hall–Kier alpha value is -3.63. The van der Waals surface area contributed by atoms with Gasteiger partial charge in [0.2, 0.25) is 17.8 Å². The van der Waals surface area contributed by atoms with E-state index in [1.807, 2.05) is 29.4 Å². The summed E-state index contributed by atoms with van der Waals surface area (Å²) >= 11 is 0. The normalized spacial score (nSPS) is 24.2. The molecular weight excluding hydrogens is 605 g/mol. The Labute approximate surface area is 265 Å². The maximum Gasteiger partial charge on any atom is 0.389 e. The van der Waals surface area contributed by atoms with Crippen molar-refractivity contribution >= 4 is 29.1 Å². The van der Waals surface area contributed by atoms with Crippen LogP contribution in [0.1, 0.15) is 38.5 Å². The third-order valence-corrected chi connectivity index (χ3v) is 10.0. The molecule has 4 saturated heterocycles. The van der Waals surface area contributed by atoms with Gasteiger partial charge in [-0.05, 0) is 44.9 Å². The molecule has 0 spiro atoms. The van der Waals surface area contributed by atoms with Crippen molar-refractivity contribution < 1.29 is 27.5 Å². The number of nitrogens with zero attached hydrogens (tertiary/aromatic N) is 8. The second-order valence-electron chi connectivity index (χ2n) is 13.0. The summed E-state index contributed by atoms with van der Waals surface area (Å²) in [4.78, 5) is 38.7. The number of likely N-dealkylation sites (tertiary alicyclic amines) is 1. The molecular formula is C30H41F3N10O3. The molecule has 2 aromatic heterocycles. The maximum absolute atomic E-state index is 13.0. The topological polar surface area (TPSA) is 114 Å². The summed E-state index contributed by atoms with van der Waals surface area (Å²) in [5.74, 6) is 0.0868. The standard InChI is InChI=1S/C30H41F3N10O3/c1-38(24-18-46-19-24)21-7-11-39(12-8-21)27(45)17-41-14-20(13-34-41)35-29-36-28-25(3-2-10-42(28)37-29)40-15-22-4-5-23(16-40)43(22)26(44)6-9-30(31,32)33/h2-3,10,14,21-24,34H,4-9,11-13,15-19H2,1H3,(H,35,37). The molecule has 0 radical (unpaired) electrons. The molecule has 0 aromatic carbocycles. The molecule has 250 valence electrons. The minimum atomic E-state index is -4.34. The SMILES string of the molecule is CN(C1CCN(C(=O)CN2C=C(Nc3nc4c(N5CC6CCC(C5)N6C(=O)CCC(F)(F)F)cccn4n3)CN2)CC1)C1COC1. The number of carbonyl (C=O) groups excluding carboxylic acids is 2. The van der Waals surface area contributed by atoms with E-state index in [4.69, 9.17) is 9.72 Å². The molecule has 7 heterocycles. The number of carbonyl (C=O) groups is 2. The van der Waals surface area contributed by atoms with Crippen LogP contribution < -0.4 is 15.6 Å². The molecule has 0 aliphatic carbocycles. The van der Waals surface area contributed by atoms with Gasteiger partial charge in [0, 0.05) is 63.1 Å². The van der Waals surface area contributed by atoms with Gasteiger partial charge < -0.3 is 29.8 Å². The molecule has 2 amide bonds. The first-order chi connectivity index (χ1) is 22.1. The van der Waals surface area contributed by atoms with Gasteiger partial charge in [0.25, 0.3) is 0 Å². The molecule has 2 atom stereocenters. The molecule has 13 nitrogen and oxygen atoms in total. The van der Waals surface area contributed by atoms with E-state index in [1.54, 1.807) is 14.4 Å². The third-order valence-electron chi connectivity index (χ3n) is 10.0. The lowest BCUT2D eigenvalue weighted by atomic mass is 10.0. The van der Waals surface area contributed by atoms with Gasteiger partial charge in [-0.15, -0.1) is 5.10 Å². The Balaban J connectivity index is 0.940. The fraction of sp³-hybridized carbons (Fsp3) is 0.667. The van der Waals surface area contributed by atoms with Crippen LogP contribution in [0.2, 0.25) is 0 Å². The fourth-order valence-corrected chi connectivity index (χ4v) is 7.39. The van der Waals surface area contributed by atoms with Crippen molar-refractivity contribution in [2.75, 3.05) is 69.7 Å². The quantitative estimate of drug-likeness (QED) is 0.417. The third kappa shape index (κ3) is 6.47. The summed E-state index contributed by atoms with van der Waals surface area (Å²) in [5, 5.41) is 9.67. The minimum Gasteiger partial charge on any atom is -0.378 e. The van der Waals surface area contributed by atoms with E-state index in [9.17, 15) is 22.8 Å². The number of rotatable bonds is 9. The van der Waals surface area contributed by atoms with E-state index < -0.39 is 24.9 Å². The number of nitrogens with one attached hydrogen (secondary N) is 2. The number of aromatic nitrogens is 3. The van der Waals surface area contributed by atoms with Crippen molar-refractivity contribution in [3.63, 3.8) is 0 Å². The number of piperidine rings is 1. The van der Waals surface area contributed by atoms with Crippen molar-refractivity contribution in [3.8, 4) is 0 Å². The summed E-state index contributed by atoms with van der Waals surface area (Å²) in [6, 6.07) is 4.57. The molecule has 5 aliphatic heterocycles.